The summed E-state index contributed by atoms with van der Waals surface area (Å²) in [5.74, 6) is -6.74. The molecular weight excluding hydrogens is 570 g/mol. The third kappa shape index (κ3) is 4.71. The fourth-order valence-electron chi connectivity index (χ4n) is 5.66. The number of carboxylic acids is 1. The number of carbonyl (C=O) groups is 1. The molecule has 0 radical (unpaired) electrons. The number of halogens is 4. The van der Waals surface area contributed by atoms with Crippen molar-refractivity contribution >= 4 is 50.3 Å². The Morgan fingerprint density at radius 1 is 1.19 bits per heavy atom. The Morgan fingerprint density at radius 3 is 2.60 bits per heavy atom. The predicted molar refractivity (Wildman–Crippen MR) is 155 cm³/mol. The zero-order valence-electron chi connectivity index (χ0n) is 23.4. The molecule has 0 saturated carbocycles. The van der Waals surface area contributed by atoms with E-state index in [4.69, 9.17) is 0 Å². The van der Waals surface area contributed by atoms with E-state index in [9.17, 15) is 27.9 Å². The molecule has 0 unspecified atom stereocenters. The lowest BCUT2D eigenvalue weighted by atomic mass is 10.0. The minimum atomic E-state index is -3.03. The van der Waals surface area contributed by atoms with Crippen molar-refractivity contribution in [2.24, 2.45) is 0 Å². The maximum Gasteiger partial charge on any atom is 0.341 e. The molecule has 0 aliphatic carbocycles. The molecule has 1 aliphatic heterocycles. The number of aromatic nitrogens is 4. The summed E-state index contributed by atoms with van der Waals surface area (Å²) < 4.78 is 60.9. The lowest BCUT2D eigenvalue weighted by molar-refractivity contribution is 0.0257. The van der Waals surface area contributed by atoms with Crippen LogP contribution in [0.2, 0.25) is 0 Å². The molecule has 5 heterocycles. The van der Waals surface area contributed by atoms with Gasteiger partial charge in [-0.25, -0.2) is 32.3 Å². The van der Waals surface area contributed by atoms with Gasteiger partial charge in [0.2, 0.25) is 5.43 Å². The van der Waals surface area contributed by atoms with Crippen LogP contribution in [0.4, 0.5) is 28.9 Å². The highest BCUT2D eigenvalue weighted by atomic mass is 19.3. The Kier molecular flexibility index (Phi) is 6.75. The van der Waals surface area contributed by atoms with Crippen molar-refractivity contribution in [1.29, 1.82) is 0 Å². The summed E-state index contributed by atoms with van der Waals surface area (Å²) in [4.78, 5) is 40.4. The Balaban J connectivity index is 1.67. The van der Waals surface area contributed by atoms with Gasteiger partial charge in [0.1, 0.15) is 16.9 Å². The largest absolute Gasteiger partial charge is 0.477 e. The molecule has 0 amide bonds. The molecule has 0 atom stereocenters. The van der Waals surface area contributed by atoms with E-state index in [0.717, 1.165) is 6.07 Å². The molecule has 10 nitrogen and oxygen atoms in total. The number of nitrogens with zero attached hydrogens (tertiary/aromatic N) is 5. The van der Waals surface area contributed by atoms with Crippen LogP contribution < -0.4 is 15.6 Å². The van der Waals surface area contributed by atoms with E-state index < -0.39 is 47.5 Å². The monoisotopic (exact) mass is 597 g/mol. The summed E-state index contributed by atoms with van der Waals surface area (Å²) >= 11 is 0. The molecule has 1 aliphatic rings. The molecule has 224 valence electrons. The second-order valence-electron chi connectivity index (χ2n) is 10.9. The standard InChI is InChI=1S/C29H27F4N7O3/c1-34-19-9-18(30)22(31)20-21-24(40-5-4-29(32,33)13-40)16(11-35-26(21)37-23(19)20)14-8-15-25(41)17(28(42)43)12-39(7-6-38(2)3)27(15)36-10-14/h8-12,34H,4-7,13H2,1-3H3,(H,35,37)(H,42,43). The number of fused-ring (bicyclic) bond motifs is 4. The van der Waals surface area contributed by atoms with Gasteiger partial charge in [0, 0.05) is 68.9 Å². The van der Waals surface area contributed by atoms with Gasteiger partial charge in [-0.15, -0.1) is 0 Å². The van der Waals surface area contributed by atoms with E-state index in [1.807, 2.05) is 19.0 Å². The van der Waals surface area contributed by atoms with Crippen LogP contribution >= 0.6 is 0 Å². The fourth-order valence-corrected chi connectivity index (χ4v) is 5.66. The van der Waals surface area contributed by atoms with Crippen molar-refractivity contribution in [1.82, 2.24) is 24.4 Å². The first kappa shape index (κ1) is 28.4. The molecule has 3 N–H and O–H groups in total. The second-order valence-corrected chi connectivity index (χ2v) is 10.9. The minimum Gasteiger partial charge on any atom is -0.477 e. The van der Waals surface area contributed by atoms with Gasteiger partial charge in [-0.1, -0.05) is 0 Å². The maximum absolute atomic E-state index is 15.5. The molecule has 1 aromatic carbocycles. The summed E-state index contributed by atoms with van der Waals surface area (Å²) in [5.41, 5.74) is 0.315. The number of anilines is 2. The molecule has 0 spiro atoms. The Morgan fingerprint density at radius 2 is 1.95 bits per heavy atom. The normalized spacial score (nSPS) is 14.9. The Hall–Kier alpha value is -4.72. The van der Waals surface area contributed by atoms with Crippen LogP contribution in [0.3, 0.4) is 0 Å². The van der Waals surface area contributed by atoms with E-state index in [2.05, 4.69) is 20.3 Å². The molecule has 4 aromatic heterocycles. The highest BCUT2D eigenvalue weighted by Gasteiger charge is 2.40. The number of pyridine rings is 3. The second kappa shape index (κ2) is 10.2. The van der Waals surface area contributed by atoms with Gasteiger partial charge in [-0.2, -0.15) is 0 Å². The molecule has 6 rings (SSSR count). The lowest BCUT2D eigenvalue weighted by Gasteiger charge is -2.23. The smallest absolute Gasteiger partial charge is 0.341 e. The fraction of sp³-hybridized carbons (Fsp3) is 0.310. The van der Waals surface area contributed by atoms with Crippen LogP contribution in [0.5, 0.6) is 0 Å². The van der Waals surface area contributed by atoms with Crippen LogP contribution in [0.25, 0.3) is 44.1 Å². The SMILES string of the molecule is CNc1cc(F)c(F)c2c1[nH]c1ncc(-c3cnc4c(c3)c(=O)c(C(=O)O)cn4CCN(C)C)c(N3CCC(F)(F)C3)c12. The predicted octanol–water partition coefficient (Wildman–Crippen LogP) is 4.52. The summed E-state index contributed by atoms with van der Waals surface area (Å²) in [6.45, 7) is 0.115. The first-order valence-electron chi connectivity index (χ1n) is 13.4. The van der Waals surface area contributed by atoms with E-state index in [-0.39, 0.29) is 62.0 Å². The van der Waals surface area contributed by atoms with Gasteiger partial charge >= 0.3 is 5.97 Å². The van der Waals surface area contributed by atoms with Crippen LogP contribution in [-0.2, 0) is 6.54 Å². The first-order chi connectivity index (χ1) is 20.4. The van der Waals surface area contributed by atoms with E-state index in [1.165, 1.54) is 36.6 Å². The molecule has 43 heavy (non-hydrogen) atoms. The van der Waals surface area contributed by atoms with Crippen molar-refractivity contribution < 1.29 is 27.5 Å². The average Bonchev–Trinajstić information content (AvgIpc) is 3.53. The van der Waals surface area contributed by atoms with E-state index in [1.54, 1.807) is 4.57 Å². The lowest BCUT2D eigenvalue weighted by Crippen LogP contribution is -2.25. The highest BCUT2D eigenvalue weighted by molar-refractivity contribution is 6.18. The first-order valence-corrected chi connectivity index (χ1v) is 13.4. The van der Waals surface area contributed by atoms with Crippen LogP contribution in [0, 0.1) is 11.6 Å². The third-order valence-electron chi connectivity index (χ3n) is 7.76. The minimum absolute atomic E-state index is 0.00238. The summed E-state index contributed by atoms with van der Waals surface area (Å²) in [6, 6.07) is 2.43. The maximum atomic E-state index is 15.5. The zero-order valence-corrected chi connectivity index (χ0v) is 23.4. The van der Waals surface area contributed by atoms with Crippen molar-refractivity contribution in [2.45, 2.75) is 18.9 Å². The van der Waals surface area contributed by atoms with Crippen molar-refractivity contribution in [3.8, 4) is 11.1 Å². The molecule has 1 saturated heterocycles. The molecule has 0 bridgehead atoms. The molecule has 14 heteroatoms. The topological polar surface area (TPSA) is 119 Å². The zero-order chi connectivity index (χ0) is 30.8. The van der Waals surface area contributed by atoms with E-state index >= 15 is 4.39 Å². The average molecular weight is 598 g/mol. The third-order valence-corrected chi connectivity index (χ3v) is 7.76. The van der Waals surface area contributed by atoms with Crippen LogP contribution in [0.1, 0.15) is 16.8 Å². The van der Waals surface area contributed by atoms with Gasteiger partial charge in [0.15, 0.2) is 11.6 Å². The number of hydrogen-bond donors (Lipinski definition) is 3. The number of aromatic carboxylic acids is 1. The summed E-state index contributed by atoms with van der Waals surface area (Å²) in [5, 5.41) is 12.5. The summed E-state index contributed by atoms with van der Waals surface area (Å²) in [6.07, 6.45) is 3.62. The Labute approximate surface area is 241 Å². The molecule has 1 fully saturated rings. The Bertz CT molecular complexity index is 2000. The number of benzene rings is 1. The summed E-state index contributed by atoms with van der Waals surface area (Å²) in [7, 11) is 5.23. The van der Waals surface area contributed by atoms with Crippen LogP contribution in [-0.4, -0.2) is 82.2 Å². The number of nitrogens with one attached hydrogen (secondary N) is 2. The number of H-pyrrole nitrogens is 1. The van der Waals surface area contributed by atoms with Gasteiger partial charge in [0.05, 0.1) is 39.6 Å². The number of hydrogen-bond acceptors (Lipinski definition) is 7. The number of alkyl halides is 2. The quantitative estimate of drug-likeness (QED) is 0.235. The van der Waals surface area contributed by atoms with Gasteiger partial charge in [0.25, 0.3) is 5.92 Å². The van der Waals surface area contributed by atoms with Crippen molar-refractivity contribution in [3.05, 3.63) is 58.1 Å². The molecular formula is C29H27F4N7O3. The highest BCUT2D eigenvalue weighted by Crippen LogP contribution is 2.45. The van der Waals surface area contributed by atoms with Gasteiger partial charge < -0.3 is 29.8 Å². The van der Waals surface area contributed by atoms with Gasteiger partial charge in [-0.3, -0.25) is 4.79 Å². The van der Waals surface area contributed by atoms with Crippen molar-refractivity contribution in [3.63, 3.8) is 0 Å². The van der Waals surface area contributed by atoms with Crippen LogP contribution in [0.15, 0.2) is 35.5 Å². The van der Waals surface area contributed by atoms with Gasteiger partial charge in [-0.05, 0) is 20.2 Å². The van der Waals surface area contributed by atoms with Crippen molar-refractivity contribution in [2.75, 3.05) is 51.0 Å². The van der Waals surface area contributed by atoms with E-state index in [0.29, 0.717) is 13.1 Å². The number of rotatable bonds is 7. The number of carboxylic acid groups (broad SMARTS) is 1. The number of likely N-dealkylation sites (N-methyl/N-ethyl adjacent to an activating group) is 1. The molecule has 5 aromatic rings. The number of aromatic amines is 1.